The lowest BCUT2D eigenvalue weighted by Gasteiger charge is -2.32. The number of piperidine rings is 1. The van der Waals surface area contributed by atoms with E-state index < -0.39 is 10.2 Å². The van der Waals surface area contributed by atoms with Gasteiger partial charge >= 0.3 is 0 Å². The molecule has 1 aliphatic heterocycles. The number of likely N-dealkylation sites (N-methyl/N-ethyl adjacent to an activating group) is 1. The molecule has 0 bridgehead atoms. The highest BCUT2D eigenvalue weighted by molar-refractivity contribution is 7.86. The van der Waals surface area contributed by atoms with Crippen LogP contribution in [0.25, 0.3) is 0 Å². The monoisotopic (exact) mass is 331 g/mol. The highest BCUT2D eigenvalue weighted by atomic mass is 32.2. The van der Waals surface area contributed by atoms with Crippen LogP contribution in [0.3, 0.4) is 0 Å². The van der Waals surface area contributed by atoms with E-state index in [4.69, 9.17) is 0 Å². The normalized spacial score (nSPS) is 17.7. The zero-order valence-corrected chi connectivity index (χ0v) is 14.5. The largest absolute Gasteiger partial charge is 0.308 e. The maximum absolute atomic E-state index is 12.9. The van der Waals surface area contributed by atoms with Gasteiger partial charge < -0.3 is 4.90 Å². The van der Waals surface area contributed by atoms with Crippen LogP contribution >= 0.6 is 11.3 Å². The van der Waals surface area contributed by atoms with Gasteiger partial charge in [-0.3, -0.25) is 0 Å². The Morgan fingerprint density at radius 1 is 1.19 bits per heavy atom. The summed E-state index contributed by atoms with van der Waals surface area (Å²) in [4.78, 5) is 2.02. The molecule has 2 heterocycles. The molecule has 1 fully saturated rings. The maximum Gasteiger partial charge on any atom is 0.282 e. The maximum atomic E-state index is 12.9. The number of nitrogens with zero attached hydrogens (tertiary/aromatic N) is 3. The molecule has 0 aromatic carbocycles. The van der Waals surface area contributed by atoms with Crippen molar-refractivity contribution >= 4 is 21.5 Å². The lowest BCUT2D eigenvalue weighted by atomic mass is 10.2. The SMILES string of the molecule is CN(C)CCN(Cc1ccsc1)S(=O)(=O)N1CCCCC1. The van der Waals surface area contributed by atoms with E-state index in [1.807, 2.05) is 35.8 Å². The van der Waals surface area contributed by atoms with Gasteiger partial charge in [0.05, 0.1) is 0 Å². The molecule has 21 heavy (non-hydrogen) atoms. The molecule has 1 aliphatic rings. The molecule has 0 N–H and O–H groups in total. The molecular weight excluding hydrogens is 306 g/mol. The van der Waals surface area contributed by atoms with Crippen molar-refractivity contribution in [2.75, 3.05) is 40.3 Å². The van der Waals surface area contributed by atoms with Gasteiger partial charge in [-0.1, -0.05) is 6.42 Å². The molecule has 7 heteroatoms. The average Bonchev–Trinajstić information content (AvgIpc) is 2.97. The Bertz CT molecular complexity index is 508. The molecule has 2 rings (SSSR count). The molecule has 0 saturated carbocycles. The van der Waals surface area contributed by atoms with Crippen molar-refractivity contribution in [3.05, 3.63) is 22.4 Å². The van der Waals surface area contributed by atoms with E-state index in [-0.39, 0.29) is 0 Å². The number of rotatable bonds is 7. The van der Waals surface area contributed by atoms with Crippen LogP contribution in [0.2, 0.25) is 0 Å². The third-order valence-electron chi connectivity index (χ3n) is 3.70. The third kappa shape index (κ3) is 4.75. The van der Waals surface area contributed by atoms with Gasteiger partial charge in [-0.15, -0.1) is 0 Å². The van der Waals surface area contributed by atoms with Gasteiger partial charge in [-0.05, 0) is 49.3 Å². The highest BCUT2D eigenvalue weighted by Crippen LogP contribution is 2.19. The van der Waals surface area contributed by atoms with Crippen molar-refractivity contribution in [3.63, 3.8) is 0 Å². The van der Waals surface area contributed by atoms with Crippen LogP contribution < -0.4 is 0 Å². The molecule has 5 nitrogen and oxygen atoms in total. The molecule has 1 aromatic rings. The van der Waals surface area contributed by atoms with E-state index in [0.717, 1.165) is 31.4 Å². The quantitative estimate of drug-likeness (QED) is 0.766. The van der Waals surface area contributed by atoms with Crippen molar-refractivity contribution in [1.29, 1.82) is 0 Å². The molecule has 0 amide bonds. The molecule has 1 aromatic heterocycles. The van der Waals surface area contributed by atoms with Crippen molar-refractivity contribution < 1.29 is 8.42 Å². The van der Waals surface area contributed by atoms with Gasteiger partial charge in [0.1, 0.15) is 0 Å². The predicted octanol–water partition coefficient (Wildman–Crippen LogP) is 1.84. The molecule has 0 spiro atoms. The summed E-state index contributed by atoms with van der Waals surface area (Å²) in [5, 5.41) is 4.02. The summed E-state index contributed by atoms with van der Waals surface area (Å²) in [6.45, 7) is 3.05. The summed E-state index contributed by atoms with van der Waals surface area (Å²) < 4.78 is 29.0. The smallest absolute Gasteiger partial charge is 0.282 e. The first kappa shape index (κ1) is 16.9. The van der Waals surface area contributed by atoms with Crippen molar-refractivity contribution in [2.45, 2.75) is 25.8 Å². The first-order valence-corrected chi connectivity index (χ1v) is 9.75. The molecular formula is C14H25N3O2S2. The van der Waals surface area contributed by atoms with E-state index >= 15 is 0 Å². The van der Waals surface area contributed by atoms with E-state index in [1.54, 1.807) is 19.9 Å². The van der Waals surface area contributed by atoms with Gasteiger partial charge in [0, 0.05) is 32.7 Å². The van der Waals surface area contributed by atoms with Crippen molar-refractivity contribution in [2.24, 2.45) is 0 Å². The number of thiophene rings is 1. The minimum atomic E-state index is -3.35. The second-order valence-electron chi connectivity index (χ2n) is 5.74. The van der Waals surface area contributed by atoms with E-state index in [0.29, 0.717) is 26.2 Å². The number of hydrogen-bond donors (Lipinski definition) is 0. The van der Waals surface area contributed by atoms with Crippen molar-refractivity contribution in [3.8, 4) is 0 Å². The molecule has 0 atom stereocenters. The van der Waals surface area contributed by atoms with Gasteiger partial charge in [0.15, 0.2) is 0 Å². The topological polar surface area (TPSA) is 43.9 Å². The van der Waals surface area contributed by atoms with Gasteiger partial charge in [0.2, 0.25) is 0 Å². The van der Waals surface area contributed by atoms with Gasteiger partial charge in [-0.2, -0.15) is 28.4 Å². The van der Waals surface area contributed by atoms with Crippen LogP contribution in [0.5, 0.6) is 0 Å². The van der Waals surface area contributed by atoms with Gasteiger partial charge in [-0.25, -0.2) is 0 Å². The standard InChI is InChI=1S/C14H25N3O2S2/c1-15(2)9-10-17(12-14-6-11-20-13-14)21(18,19)16-7-4-3-5-8-16/h6,11,13H,3-5,7-10,12H2,1-2H3. The Hall–Kier alpha value is -0.470. The summed E-state index contributed by atoms with van der Waals surface area (Å²) >= 11 is 1.61. The van der Waals surface area contributed by atoms with E-state index in [9.17, 15) is 8.42 Å². The molecule has 0 radical (unpaired) electrons. The van der Waals surface area contributed by atoms with Crippen LogP contribution in [0.15, 0.2) is 16.8 Å². The summed E-state index contributed by atoms with van der Waals surface area (Å²) in [6.07, 6.45) is 3.08. The van der Waals surface area contributed by atoms with Crippen molar-refractivity contribution in [1.82, 2.24) is 13.5 Å². The van der Waals surface area contributed by atoms with Crippen LogP contribution in [0.1, 0.15) is 24.8 Å². The molecule has 1 saturated heterocycles. The van der Waals surface area contributed by atoms with Gasteiger partial charge in [0.25, 0.3) is 10.2 Å². The van der Waals surface area contributed by atoms with Crippen LogP contribution in [-0.2, 0) is 16.8 Å². The Balaban J connectivity index is 2.11. The average molecular weight is 332 g/mol. The highest BCUT2D eigenvalue weighted by Gasteiger charge is 2.30. The Labute approximate surface area is 132 Å². The Morgan fingerprint density at radius 2 is 1.90 bits per heavy atom. The minimum Gasteiger partial charge on any atom is -0.308 e. The fraction of sp³-hybridized carbons (Fsp3) is 0.714. The molecule has 0 aliphatic carbocycles. The summed E-state index contributed by atoms with van der Waals surface area (Å²) in [6, 6.07) is 2.00. The summed E-state index contributed by atoms with van der Waals surface area (Å²) in [5.41, 5.74) is 1.07. The fourth-order valence-electron chi connectivity index (χ4n) is 2.43. The summed E-state index contributed by atoms with van der Waals surface area (Å²) in [7, 11) is 0.586. The summed E-state index contributed by atoms with van der Waals surface area (Å²) in [5.74, 6) is 0. The third-order valence-corrected chi connectivity index (χ3v) is 6.42. The molecule has 0 unspecified atom stereocenters. The predicted molar refractivity (Wildman–Crippen MR) is 87.6 cm³/mol. The van der Waals surface area contributed by atoms with E-state index in [2.05, 4.69) is 0 Å². The first-order valence-electron chi connectivity index (χ1n) is 7.41. The Morgan fingerprint density at radius 3 is 2.48 bits per heavy atom. The zero-order valence-electron chi connectivity index (χ0n) is 12.9. The second-order valence-corrected chi connectivity index (χ2v) is 8.44. The lowest BCUT2D eigenvalue weighted by molar-refractivity contribution is 0.281. The Kier molecular flexibility index (Phi) is 6.19. The lowest BCUT2D eigenvalue weighted by Crippen LogP contribution is -2.47. The second kappa shape index (κ2) is 7.69. The zero-order chi connectivity index (χ0) is 15.3. The van der Waals surface area contributed by atoms with E-state index in [1.165, 1.54) is 0 Å². The van der Waals surface area contributed by atoms with Crippen LogP contribution in [0, 0.1) is 0 Å². The molecule has 120 valence electrons. The number of hydrogen-bond acceptors (Lipinski definition) is 4. The fourth-order valence-corrected chi connectivity index (χ4v) is 4.76. The van der Waals surface area contributed by atoms with Crippen LogP contribution in [0.4, 0.5) is 0 Å². The first-order chi connectivity index (χ1) is 10.00. The minimum absolute atomic E-state index is 0.468. The van der Waals surface area contributed by atoms with Crippen LogP contribution in [-0.4, -0.2) is 62.2 Å².